The summed E-state index contributed by atoms with van der Waals surface area (Å²) in [4.78, 5) is 27.3. The van der Waals surface area contributed by atoms with E-state index in [0.29, 0.717) is 41.1 Å². The Hall–Kier alpha value is -4.02. The van der Waals surface area contributed by atoms with Crippen molar-refractivity contribution in [3.05, 3.63) is 58.7 Å². The second kappa shape index (κ2) is 12.3. The predicted octanol–water partition coefficient (Wildman–Crippen LogP) is 6.47. The Morgan fingerprint density at radius 1 is 1.09 bits per heavy atom. The van der Waals surface area contributed by atoms with E-state index >= 15 is 4.39 Å². The highest BCUT2D eigenvalue weighted by atomic mass is 19.1. The minimum atomic E-state index is -1.32. The molecule has 244 valence electrons. The van der Waals surface area contributed by atoms with Crippen molar-refractivity contribution < 1.29 is 23.8 Å². The number of aliphatic carboxylic acids is 1. The zero-order valence-electron chi connectivity index (χ0n) is 27.9. The molecule has 4 aromatic rings. The van der Waals surface area contributed by atoms with Gasteiger partial charge in [-0.15, -0.1) is 0 Å². The summed E-state index contributed by atoms with van der Waals surface area (Å²) in [5, 5.41) is 11.3. The van der Waals surface area contributed by atoms with Crippen LogP contribution in [-0.4, -0.2) is 75.9 Å². The van der Waals surface area contributed by atoms with Crippen LogP contribution in [0.3, 0.4) is 0 Å². The van der Waals surface area contributed by atoms with E-state index in [9.17, 15) is 9.90 Å². The third kappa shape index (κ3) is 5.96. The molecule has 1 fully saturated rings. The average molecular weight is 630 g/mol. The summed E-state index contributed by atoms with van der Waals surface area (Å²) in [6.07, 6.45) is 3.05. The number of aryl methyl sites for hydroxylation is 2. The first-order valence-electron chi connectivity index (χ1n) is 16.1. The van der Waals surface area contributed by atoms with Crippen LogP contribution in [0.4, 0.5) is 10.2 Å². The number of carboxylic acid groups (broad SMARTS) is 1. The smallest absolute Gasteiger partial charge is 0.337 e. The minimum absolute atomic E-state index is 0.287. The van der Waals surface area contributed by atoms with Crippen molar-refractivity contribution in [3.63, 3.8) is 0 Å². The quantitative estimate of drug-likeness (QED) is 0.260. The van der Waals surface area contributed by atoms with Gasteiger partial charge in [0.25, 0.3) is 0 Å². The number of hydrogen-bond acceptors (Lipinski definition) is 7. The maximum Gasteiger partial charge on any atom is 0.337 e. The molecule has 0 saturated carbocycles. The molecular formula is C36H44FN5O4. The SMILES string of the molecule is Cc1nc2c(cc(-c3ccnc(N4CCCN(C)CC4)c3)n2C)c(-c2cc(F)c3c(c2C)CCCO3)c1[C@H](OC(C)(C)C)C(=O)O. The molecule has 0 unspecified atom stereocenters. The molecule has 0 amide bonds. The second-order valence-corrected chi connectivity index (χ2v) is 13.6. The fourth-order valence-electron chi connectivity index (χ4n) is 6.88. The largest absolute Gasteiger partial charge is 0.490 e. The van der Waals surface area contributed by atoms with Gasteiger partial charge in [-0.3, -0.25) is 0 Å². The predicted molar refractivity (Wildman–Crippen MR) is 178 cm³/mol. The molecule has 1 saturated heterocycles. The summed E-state index contributed by atoms with van der Waals surface area (Å²) < 4.78 is 29.8. The lowest BCUT2D eigenvalue weighted by Crippen LogP contribution is -2.29. The van der Waals surface area contributed by atoms with Gasteiger partial charge in [-0.1, -0.05) is 0 Å². The second-order valence-electron chi connectivity index (χ2n) is 13.6. The minimum Gasteiger partial charge on any atom is -0.490 e. The van der Waals surface area contributed by atoms with Crippen LogP contribution in [0.1, 0.15) is 62.1 Å². The Bertz CT molecular complexity index is 1810. The van der Waals surface area contributed by atoms with Crippen LogP contribution >= 0.6 is 0 Å². The number of rotatable bonds is 6. The number of carboxylic acids is 1. The lowest BCUT2D eigenvalue weighted by atomic mass is 9.86. The fourth-order valence-corrected chi connectivity index (χ4v) is 6.88. The fraction of sp³-hybridized carbons (Fsp3) is 0.472. The summed E-state index contributed by atoms with van der Waals surface area (Å²) in [7, 11) is 4.11. The first kappa shape index (κ1) is 31.9. The number of anilines is 1. The Balaban J connectivity index is 1.60. The van der Waals surface area contributed by atoms with E-state index in [1.54, 1.807) is 6.92 Å². The number of benzene rings is 1. The van der Waals surface area contributed by atoms with E-state index in [0.717, 1.165) is 72.6 Å². The lowest BCUT2D eigenvalue weighted by Gasteiger charge is -2.29. The first-order chi connectivity index (χ1) is 21.8. The molecule has 5 heterocycles. The van der Waals surface area contributed by atoms with Crippen LogP contribution in [0.5, 0.6) is 5.75 Å². The van der Waals surface area contributed by atoms with Gasteiger partial charge in [0.15, 0.2) is 17.7 Å². The van der Waals surface area contributed by atoms with E-state index in [4.69, 9.17) is 19.4 Å². The van der Waals surface area contributed by atoms with E-state index in [2.05, 4.69) is 22.9 Å². The summed E-state index contributed by atoms with van der Waals surface area (Å²) in [6, 6.07) is 7.62. The van der Waals surface area contributed by atoms with Gasteiger partial charge >= 0.3 is 5.97 Å². The van der Waals surface area contributed by atoms with E-state index in [-0.39, 0.29) is 5.75 Å². The third-order valence-electron chi connectivity index (χ3n) is 9.15. The van der Waals surface area contributed by atoms with Gasteiger partial charge < -0.3 is 28.9 Å². The number of hydrogen-bond donors (Lipinski definition) is 1. The lowest BCUT2D eigenvalue weighted by molar-refractivity contribution is -0.160. The highest BCUT2D eigenvalue weighted by Gasteiger charge is 2.34. The summed E-state index contributed by atoms with van der Waals surface area (Å²) in [5.74, 6) is -0.377. The first-order valence-corrected chi connectivity index (χ1v) is 16.1. The van der Waals surface area contributed by atoms with E-state index in [1.807, 2.05) is 57.6 Å². The number of nitrogens with zero attached hydrogens (tertiary/aromatic N) is 5. The molecule has 6 rings (SSSR count). The van der Waals surface area contributed by atoms with Crippen LogP contribution in [0.2, 0.25) is 0 Å². The molecule has 1 N–H and O–H groups in total. The summed E-state index contributed by atoms with van der Waals surface area (Å²) >= 11 is 0. The van der Waals surface area contributed by atoms with Crippen LogP contribution in [-0.2, 0) is 23.0 Å². The molecule has 1 atom stereocenters. The molecule has 1 aromatic carbocycles. The van der Waals surface area contributed by atoms with Crippen molar-refractivity contribution >= 4 is 22.8 Å². The van der Waals surface area contributed by atoms with E-state index in [1.165, 1.54) is 6.07 Å². The van der Waals surface area contributed by atoms with Crippen LogP contribution < -0.4 is 9.64 Å². The number of carbonyl (C=O) groups is 1. The molecule has 3 aromatic heterocycles. The Labute approximate surface area is 270 Å². The molecule has 46 heavy (non-hydrogen) atoms. The normalized spacial score (nSPS) is 16.7. The molecule has 0 bridgehead atoms. The van der Waals surface area contributed by atoms with Crippen LogP contribution in [0.15, 0.2) is 30.5 Å². The monoisotopic (exact) mass is 629 g/mol. The van der Waals surface area contributed by atoms with Crippen molar-refractivity contribution in [2.24, 2.45) is 7.05 Å². The average Bonchev–Trinajstić information content (AvgIpc) is 3.17. The van der Waals surface area contributed by atoms with Crippen molar-refractivity contribution in [2.45, 2.75) is 65.6 Å². The van der Waals surface area contributed by atoms with Crippen LogP contribution in [0.25, 0.3) is 33.4 Å². The Morgan fingerprint density at radius 3 is 2.61 bits per heavy atom. The number of ether oxygens (including phenoxy) is 2. The zero-order chi connectivity index (χ0) is 32.9. The van der Waals surface area contributed by atoms with Gasteiger partial charge in [-0.25, -0.2) is 19.2 Å². The topological polar surface area (TPSA) is 93.0 Å². The zero-order valence-corrected chi connectivity index (χ0v) is 27.9. The van der Waals surface area contributed by atoms with Crippen molar-refractivity contribution in [1.29, 1.82) is 0 Å². The summed E-state index contributed by atoms with van der Waals surface area (Å²) in [5.41, 5.74) is 5.66. The van der Waals surface area contributed by atoms with Gasteiger partial charge in [0.1, 0.15) is 11.5 Å². The van der Waals surface area contributed by atoms with Crippen LogP contribution in [0, 0.1) is 19.7 Å². The van der Waals surface area contributed by atoms with Crippen molar-refractivity contribution in [1.82, 2.24) is 19.4 Å². The Kier molecular flexibility index (Phi) is 8.54. The maximum atomic E-state index is 15.8. The van der Waals surface area contributed by atoms with E-state index < -0.39 is 23.5 Å². The molecular weight excluding hydrogens is 585 g/mol. The number of pyridine rings is 2. The number of halogens is 1. The number of aromatic nitrogens is 3. The molecule has 0 radical (unpaired) electrons. The highest BCUT2D eigenvalue weighted by molar-refractivity contribution is 6.01. The molecule has 2 aliphatic heterocycles. The molecule has 0 aliphatic carbocycles. The Morgan fingerprint density at radius 2 is 1.87 bits per heavy atom. The van der Waals surface area contributed by atoms with Gasteiger partial charge in [0.05, 0.1) is 17.9 Å². The van der Waals surface area contributed by atoms with Crippen molar-refractivity contribution in [3.8, 4) is 28.1 Å². The molecule has 0 spiro atoms. The third-order valence-corrected chi connectivity index (χ3v) is 9.15. The molecule has 2 aliphatic rings. The van der Waals surface area contributed by atoms with Crippen molar-refractivity contribution in [2.75, 3.05) is 44.7 Å². The van der Waals surface area contributed by atoms with Gasteiger partial charge in [-0.2, -0.15) is 0 Å². The highest BCUT2D eigenvalue weighted by Crippen LogP contribution is 2.45. The van der Waals surface area contributed by atoms with Gasteiger partial charge in [0.2, 0.25) is 0 Å². The summed E-state index contributed by atoms with van der Waals surface area (Å²) in [6.45, 7) is 13.6. The number of likely N-dealkylation sites (N-methyl/N-ethyl adjacent to an activating group) is 1. The molecule has 10 heteroatoms. The van der Waals surface area contributed by atoms with Gasteiger partial charge in [-0.05, 0) is 103 Å². The molecule has 9 nitrogen and oxygen atoms in total. The maximum absolute atomic E-state index is 15.8. The number of fused-ring (bicyclic) bond motifs is 2. The standard InChI is InChI=1S/C36H44FN5O4/c1-21-24-10-8-17-45-32(24)27(37)19-25(21)31-26-20-28(23-11-12-38-29(18-23)42-14-9-13-40(6)15-16-42)41(7)34(26)39-22(2)30(31)33(35(43)44)46-36(3,4)5/h11-12,18-20,33H,8-10,13-17H2,1-7H3,(H,43,44)/t33-/m0/s1. The van der Waals surface area contributed by atoms with Gasteiger partial charge in [0, 0.05) is 66.2 Å².